The molecule has 74 valence electrons. The molecule has 0 spiro atoms. The molecule has 6 heteroatoms. The normalized spacial score (nSPS) is 14.6. The van der Waals surface area contributed by atoms with Crippen molar-refractivity contribution in [3.8, 4) is 0 Å². The summed E-state index contributed by atoms with van der Waals surface area (Å²) < 4.78 is 26.9. The molecular formula is C6H17N3O2S. The Morgan fingerprint density at radius 1 is 1.42 bits per heavy atom. The fraction of sp³-hybridized carbons (Fsp3) is 1.00. The lowest BCUT2D eigenvalue weighted by Gasteiger charge is -2.14. The van der Waals surface area contributed by atoms with Crippen LogP contribution in [0.3, 0.4) is 0 Å². The molecule has 0 aliphatic heterocycles. The van der Waals surface area contributed by atoms with E-state index in [1.165, 1.54) is 0 Å². The van der Waals surface area contributed by atoms with Gasteiger partial charge in [0, 0.05) is 19.1 Å². The van der Waals surface area contributed by atoms with Crippen molar-refractivity contribution < 1.29 is 8.42 Å². The fourth-order valence-electron chi connectivity index (χ4n) is 0.749. The van der Waals surface area contributed by atoms with Crippen LogP contribution in [0.4, 0.5) is 0 Å². The highest BCUT2D eigenvalue weighted by Crippen LogP contribution is 1.89. The molecule has 0 aliphatic rings. The summed E-state index contributed by atoms with van der Waals surface area (Å²) in [5, 5.41) is 0. The lowest BCUT2D eigenvalue weighted by molar-refractivity contribution is 0.532. The minimum Gasteiger partial charge on any atom is -0.329 e. The zero-order chi connectivity index (χ0) is 9.61. The van der Waals surface area contributed by atoms with Gasteiger partial charge in [0.25, 0.3) is 10.2 Å². The quantitative estimate of drug-likeness (QED) is 0.517. The predicted molar refractivity (Wildman–Crippen MR) is 48.9 cm³/mol. The minimum absolute atomic E-state index is 0.172. The van der Waals surface area contributed by atoms with Gasteiger partial charge in [-0.25, -0.2) is 4.72 Å². The summed E-state index contributed by atoms with van der Waals surface area (Å²) in [7, 11) is -3.34. The van der Waals surface area contributed by atoms with Gasteiger partial charge in [-0.15, -0.1) is 0 Å². The second-order valence-corrected chi connectivity index (χ2v) is 3.99. The first-order valence-electron chi connectivity index (χ1n) is 4.02. The highest BCUT2D eigenvalue weighted by atomic mass is 32.2. The van der Waals surface area contributed by atoms with E-state index in [0.717, 1.165) is 0 Å². The number of nitrogens with one attached hydrogen (secondary N) is 2. The zero-order valence-electron chi connectivity index (χ0n) is 7.50. The molecule has 5 nitrogen and oxygen atoms in total. The van der Waals surface area contributed by atoms with E-state index >= 15 is 0 Å². The summed E-state index contributed by atoms with van der Waals surface area (Å²) in [5.74, 6) is 0. The van der Waals surface area contributed by atoms with Crippen LogP contribution >= 0.6 is 0 Å². The molecule has 0 aromatic rings. The monoisotopic (exact) mass is 195 g/mol. The molecule has 0 saturated heterocycles. The Labute approximate surface area is 73.9 Å². The number of rotatable bonds is 6. The van der Waals surface area contributed by atoms with E-state index in [1.807, 2.05) is 6.92 Å². The van der Waals surface area contributed by atoms with E-state index < -0.39 is 10.2 Å². The smallest absolute Gasteiger partial charge is 0.277 e. The molecule has 0 heterocycles. The van der Waals surface area contributed by atoms with E-state index in [9.17, 15) is 8.42 Å². The van der Waals surface area contributed by atoms with Crippen LogP contribution in [0.2, 0.25) is 0 Å². The Kier molecular flexibility index (Phi) is 5.39. The molecule has 0 aliphatic carbocycles. The average molecular weight is 195 g/mol. The SMILES string of the molecule is CCNS(=O)(=O)NC(CC)CN. The van der Waals surface area contributed by atoms with Crippen LogP contribution in [-0.2, 0) is 10.2 Å². The molecule has 0 saturated carbocycles. The van der Waals surface area contributed by atoms with Crippen LogP contribution in [0.25, 0.3) is 0 Å². The highest BCUT2D eigenvalue weighted by Gasteiger charge is 2.12. The van der Waals surface area contributed by atoms with Crippen LogP contribution < -0.4 is 15.2 Å². The Morgan fingerprint density at radius 2 is 2.00 bits per heavy atom. The first-order chi connectivity index (χ1) is 5.55. The average Bonchev–Trinajstić information content (AvgIpc) is 2.00. The van der Waals surface area contributed by atoms with Gasteiger partial charge < -0.3 is 5.73 Å². The van der Waals surface area contributed by atoms with Gasteiger partial charge in [-0.05, 0) is 6.42 Å². The standard InChI is InChI=1S/C6H17N3O2S/c1-3-6(5-7)9-12(10,11)8-4-2/h6,8-9H,3-5,7H2,1-2H3. The van der Waals surface area contributed by atoms with Crippen molar-refractivity contribution in [3.63, 3.8) is 0 Å². The molecule has 0 fully saturated rings. The van der Waals surface area contributed by atoms with Gasteiger partial charge >= 0.3 is 0 Å². The summed E-state index contributed by atoms with van der Waals surface area (Å²) in [4.78, 5) is 0. The summed E-state index contributed by atoms with van der Waals surface area (Å²) in [6, 6.07) is -0.172. The molecule has 1 atom stereocenters. The van der Waals surface area contributed by atoms with Crippen LogP contribution in [0.15, 0.2) is 0 Å². The second-order valence-electron chi connectivity index (χ2n) is 2.46. The highest BCUT2D eigenvalue weighted by molar-refractivity contribution is 7.87. The summed E-state index contributed by atoms with van der Waals surface area (Å²) in [6.07, 6.45) is 0.696. The molecule has 0 amide bonds. The van der Waals surface area contributed by atoms with Crippen molar-refractivity contribution in [2.24, 2.45) is 5.73 Å². The van der Waals surface area contributed by atoms with Crippen molar-refractivity contribution in [2.45, 2.75) is 26.3 Å². The first kappa shape index (κ1) is 11.8. The molecular weight excluding hydrogens is 178 g/mol. The van der Waals surface area contributed by atoms with Crippen molar-refractivity contribution >= 4 is 10.2 Å². The van der Waals surface area contributed by atoms with Crippen molar-refractivity contribution in [1.82, 2.24) is 9.44 Å². The molecule has 0 aromatic carbocycles. The van der Waals surface area contributed by atoms with E-state index in [0.29, 0.717) is 19.5 Å². The lowest BCUT2D eigenvalue weighted by Crippen LogP contribution is -2.45. The van der Waals surface area contributed by atoms with E-state index in [2.05, 4.69) is 9.44 Å². The van der Waals surface area contributed by atoms with Gasteiger partial charge in [0.05, 0.1) is 0 Å². The Hall–Kier alpha value is -0.170. The maximum Gasteiger partial charge on any atom is 0.277 e. The van der Waals surface area contributed by atoms with Crippen LogP contribution in [-0.4, -0.2) is 27.5 Å². The first-order valence-corrected chi connectivity index (χ1v) is 5.51. The topological polar surface area (TPSA) is 84.2 Å². The van der Waals surface area contributed by atoms with Crippen molar-refractivity contribution in [1.29, 1.82) is 0 Å². The summed E-state index contributed by atoms with van der Waals surface area (Å²) in [6.45, 7) is 4.31. The molecule has 0 aromatic heterocycles. The van der Waals surface area contributed by atoms with Gasteiger partial charge in [0.1, 0.15) is 0 Å². The van der Waals surface area contributed by atoms with Gasteiger partial charge in [0.15, 0.2) is 0 Å². The number of hydrogen-bond acceptors (Lipinski definition) is 3. The van der Waals surface area contributed by atoms with Gasteiger partial charge in [0.2, 0.25) is 0 Å². The van der Waals surface area contributed by atoms with Crippen molar-refractivity contribution in [3.05, 3.63) is 0 Å². The molecule has 4 N–H and O–H groups in total. The largest absolute Gasteiger partial charge is 0.329 e. The Bertz CT molecular complexity index is 199. The third kappa shape index (κ3) is 4.66. The van der Waals surface area contributed by atoms with Gasteiger partial charge in [-0.2, -0.15) is 13.1 Å². The molecule has 0 rings (SSSR count). The molecule has 1 unspecified atom stereocenters. The van der Waals surface area contributed by atoms with Crippen LogP contribution in [0.5, 0.6) is 0 Å². The molecule has 12 heavy (non-hydrogen) atoms. The number of nitrogens with two attached hydrogens (primary N) is 1. The maximum absolute atomic E-state index is 11.1. The summed E-state index contributed by atoms with van der Waals surface area (Å²) in [5.41, 5.74) is 5.33. The second kappa shape index (κ2) is 5.47. The van der Waals surface area contributed by atoms with Gasteiger partial charge in [-0.1, -0.05) is 13.8 Å². The number of hydrogen-bond donors (Lipinski definition) is 3. The Morgan fingerprint density at radius 3 is 2.33 bits per heavy atom. The van der Waals surface area contributed by atoms with Crippen LogP contribution in [0, 0.1) is 0 Å². The third-order valence-corrected chi connectivity index (χ3v) is 2.75. The van der Waals surface area contributed by atoms with Gasteiger partial charge in [-0.3, -0.25) is 0 Å². The molecule has 0 radical (unpaired) electrons. The van der Waals surface area contributed by atoms with Crippen LogP contribution in [0.1, 0.15) is 20.3 Å². The van der Waals surface area contributed by atoms with E-state index in [4.69, 9.17) is 5.73 Å². The van der Waals surface area contributed by atoms with E-state index in [1.54, 1.807) is 6.92 Å². The fourth-order valence-corrected chi connectivity index (χ4v) is 1.91. The minimum atomic E-state index is -3.34. The zero-order valence-corrected chi connectivity index (χ0v) is 8.32. The van der Waals surface area contributed by atoms with Crippen molar-refractivity contribution in [2.75, 3.05) is 13.1 Å². The third-order valence-electron chi connectivity index (χ3n) is 1.43. The molecule has 0 bridgehead atoms. The maximum atomic E-state index is 11.1. The van der Waals surface area contributed by atoms with E-state index in [-0.39, 0.29) is 6.04 Å². The lowest BCUT2D eigenvalue weighted by atomic mass is 10.2. The Balaban J connectivity index is 4.03. The summed E-state index contributed by atoms with van der Waals surface area (Å²) >= 11 is 0. The predicted octanol–water partition coefficient (Wildman–Crippen LogP) is -0.832.